The van der Waals surface area contributed by atoms with Gasteiger partial charge in [0.1, 0.15) is 11.3 Å². The minimum absolute atomic E-state index is 0.0494. The van der Waals surface area contributed by atoms with Crippen LogP contribution in [0, 0.1) is 5.92 Å². The maximum atomic E-state index is 4.93. The van der Waals surface area contributed by atoms with Crippen LogP contribution in [0.2, 0.25) is 0 Å². The summed E-state index contributed by atoms with van der Waals surface area (Å²) in [7, 11) is 0. The molecular weight excluding hydrogens is 398 g/mol. The SMILES string of the molecule is CC(C)(C)n1cnc2ccc(-c3c[nH]c4ncc(-c5cnc(CC6CC6)nc5)nc34)cc21. The largest absolute Gasteiger partial charge is 0.344 e. The highest BCUT2D eigenvalue weighted by Crippen LogP contribution is 2.33. The fourth-order valence-corrected chi connectivity index (χ4v) is 4.13. The van der Waals surface area contributed by atoms with E-state index in [1.165, 1.54) is 12.8 Å². The Balaban J connectivity index is 1.41. The predicted octanol–water partition coefficient (Wildman–Crippen LogP) is 5.14. The molecular formula is C25H25N7. The lowest BCUT2D eigenvalue weighted by atomic mass is 10.1. The molecule has 5 aromatic rings. The van der Waals surface area contributed by atoms with E-state index >= 15 is 0 Å². The van der Waals surface area contributed by atoms with Crippen molar-refractivity contribution in [2.24, 2.45) is 5.92 Å². The minimum Gasteiger partial charge on any atom is -0.344 e. The Hall–Kier alpha value is -3.61. The molecule has 0 unspecified atom stereocenters. The van der Waals surface area contributed by atoms with Crippen LogP contribution in [0.25, 0.3) is 44.6 Å². The summed E-state index contributed by atoms with van der Waals surface area (Å²) in [4.78, 5) is 26.5. The number of nitrogens with one attached hydrogen (secondary N) is 1. The number of rotatable bonds is 4. The lowest BCUT2D eigenvalue weighted by Gasteiger charge is -2.21. The van der Waals surface area contributed by atoms with Crippen LogP contribution in [-0.4, -0.2) is 34.5 Å². The molecule has 32 heavy (non-hydrogen) atoms. The number of aromatic amines is 1. The van der Waals surface area contributed by atoms with Crippen LogP contribution in [0.4, 0.5) is 0 Å². The first-order chi connectivity index (χ1) is 15.5. The van der Waals surface area contributed by atoms with Crippen molar-refractivity contribution in [2.45, 2.75) is 45.6 Å². The summed E-state index contributed by atoms with van der Waals surface area (Å²) in [6.07, 6.45) is 13.0. The number of imidazole rings is 1. The molecule has 1 N–H and O–H groups in total. The molecule has 0 spiro atoms. The zero-order valence-corrected chi connectivity index (χ0v) is 18.5. The second-order valence-electron chi connectivity index (χ2n) is 9.68. The Labute approximate surface area is 186 Å². The van der Waals surface area contributed by atoms with Crippen molar-refractivity contribution in [3.8, 4) is 22.4 Å². The number of aromatic nitrogens is 7. The molecule has 0 bridgehead atoms. The number of hydrogen-bond donors (Lipinski definition) is 1. The lowest BCUT2D eigenvalue weighted by Crippen LogP contribution is -2.20. The fourth-order valence-electron chi connectivity index (χ4n) is 4.13. The highest BCUT2D eigenvalue weighted by atomic mass is 15.1. The molecule has 160 valence electrons. The van der Waals surface area contributed by atoms with Gasteiger partial charge in [0.05, 0.1) is 29.3 Å². The molecule has 1 aliphatic carbocycles. The van der Waals surface area contributed by atoms with Gasteiger partial charge in [-0.2, -0.15) is 0 Å². The first-order valence-electron chi connectivity index (χ1n) is 11.1. The molecule has 0 saturated heterocycles. The monoisotopic (exact) mass is 423 g/mol. The van der Waals surface area contributed by atoms with Gasteiger partial charge in [-0.3, -0.25) is 0 Å². The average Bonchev–Trinajstić information content (AvgIpc) is 3.32. The summed E-state index contributed by atoms with van der Waals surface area (Å²) in [6.45, 7) is 6.55. The zero-order chi connectivity index (χ0) is 21.9. The average molecular weight is 424 g/mol. The van der Waals surface area contributed by atoms with Crippen molar-refractivity contribution in [1.82, 2.24) is 34.5 Å². The topological polar surface area (TPSA) is 85.2 Å². The van der Waals surface area contributed by atoms with E-state index in [0.29, 0.717) is 0 Å². The van der Waals surface area contributed by atoms with Crippen LogP contribution >= 0.6 is 0 Å². The van der Waals surface area contributed by atoms with E-state index in [1.54, 1.807) is 6.20 Å². The molecule has 7 heteroatoms. The third-order valence-electron chi connectivity index (χ3n) is 6.13. The predicted molar refractivity (Wildman–Crippen MR) is 125 cm³/mol. The molecule has 0 atom stereocenters. The van der Waals surface area contributed by atoms with Crippen molar-refractivity contribution >= 4 is 22.2 Å². The van der Waals surface area contributed by atoms with Gasteiger partial charge in [-0.15, -0.1) is 0 Å². The van der Waals surface area contributed by atoms with Crippen molar-refractivity contribution in [1.29, 1.82) is 0 Å². The number of fused-ring (bicyclic) bond motifs is 2. The molecule has 7 nitrogen and oxygen atoms in total. The Morgan fingerprint density at radius 2 is 1.81 bits per heavy atom. The molecule has 0 aliphatic heterocycles. The second-order valence-corrected chi connectivity index (χ2v) is 9.68. The van der Waals surface area contributed by atoms with Gasteiger partial charge in [-0.25, -0.2) is 24.9 Å². The lowest BCUT2D eigenvalue weighted by molar-refractivity contribution is 0.408. The third-order valence-corrected chi connectivity index (χ3v) is 6.13. The first kappa shape index (κ1) is 19.1. The van der Waals surface area contributed by atoms with E-state index in [4.69, 9.17) is 4.98 Å². The summed E-state index contributed by atoms with van der Waals surface area (Å²) in [6, 6.07) is 6.34. The summed E-state index contributed by atoms with van der Waals surface area (Å²) >= 11 is 0. The standard InChI is InChI=1S/C25H25N7/c1-25(2,3)32-14-30-19-7-6-16(9-21(19)32)18-12-28-24-23(18)31-20(13-29-24)17-10-26-22(27-11-17)8-15-4-5-15/h6-7,9-15H,4-5,8H2,1-3H3,(H,28,29). The number of nitrogens with zero attached hydrogens (tertiary/aromatic N) is 6. The van der Waals surface area contributed by atoms with Gasteiger partial charge in [0.15, 0.2) is 5.65 Å². The van der Waals surface area contributed by atoms with Gasteiger partial charge in [0, 0.05) is 41.7 Å². The maximum Gasteiger partial charge on any atom is 0.156 e. The summed E-state index contributed by atoms with van der Waals surface area (Å²) in [5.74, 6) is 1.68. The Kier molecular flexibility index (Phi) is 4.15. The summed E-state index contributed by atoms with van der Waals surface area (Å²) in [5, 5.41) is 0. The third kappa shape index (κ3) is 3.34. The maximum absolute atomic E-state index is 4.93. The highest BCUT2D eigenvalue weighted by molar-refractivity contribution is 5.94. The van der Waals surface area contributed by atoms with Crippen LogP contribution in [0.1, 0.15) is 39.4 Å². The van der Waals surface area contributed by atoms with E-state index < -0.39 is 0 Å². The van der Waals surface area contributed by atoms with E-state index in [2.05, 4.69) is 68.5 Å². The van der Waals surface area contributed by atoms with E-state index in [9.17, 15) is 0 Å². The van der Waals surface area contributed by atoms with Gasteiger partial charge < -0.3 is 9.55 Å². The first-order valence-corrected chi connectivity index (χ1v) is 11.1. The van der Waals surface area contributed by atoms with Crippen molar-refractivity contribution in [2.75, 3.05) is 0 Å². The molecule has 4 heterocycles. The zero-order valence-electron chi connectivity index (χ0n) is 18.5. The Morgan fingerprint density at radius 1 is 1.00 bits per heavy atom. The molecule has 1 aromatic carbocycles. The molecule has 0 radical (unpaired) electrons. The quantitative estimate of drug-likeness (QED) is 0.433. The highest BCUT2D eigenvalue weighted by Gasteiger charge is 2.23. The molecule has 1 aliphatic rings. The van der Waals surface area contributed by atoms with Crippen molar-refractivity contribution in [3.63, 3.8) is 0 Å². The van der Waals surface area contributed by atoms with E-state index in [-0.39, 0.29) is 5.54 Å². The van der Waals surface area contributed by atoms with E-state index in [0.717, 1.165) is 62.7 Å². The smallest absolute Gasteiger partial charge is 0.156 e. The molecule has 6 rings (SSSR count). The molecule has 0 amide bonds. The molecule has 1 fully saturated rings. The summed E-state index contributed by atoms with van der Waals surface area (Å²) in [5.41, 5.74) is 7.40. The van der Waals surface area contributed by atoms with Crippen LogP contribution in [0.15, 0.2) is 49.3 Å². The molecule has 1 saturated carbocycles. The van der Waals surface area contributed by atoms with Gasteiger partial charge in [0.25, 0.3) is 0 Å². The van der Waals surface area contributed by atoms with E-state index in [1.807, 2.05) is 24.9 Å². The Morgan fingerprint density at radius 3 is 2.56 bits per heavy atom. The number of benzene rings is 1. The van der Waals surface area contributed by atoms with Crippen LogP contribution in [0.5, 0.6) is 0 Å². The number of hydrogen-bond acceptors (Lipinski definition) is 5. The fraction of sp³-hybridized carbons (Fsp3) is 0.320. The van der Waals surface area contributed by atoms with Crippen LogP contribution in [0.3, 0.4) is 0 Å². The van der Waals surface area contributed by atoms with Crippen LogP contribution < -0.4 is 0 Å². The van der Waals surface area contributed by atoms with Gasteiger partial charge >= 0.3 is 0 Å². The normalized spacial score (nSPS) is 14.5. The van der Waals surface area contributed by atoms with Gasteiger partial charge in [-0.05, 0) is 57.2 Å². The van der Waals surface area contributed by atoms with Gasteiger partial charge in [0.2, 0.25) is 0 Å². The minimum atomic E-state index is -0.0494. The molecule has 4 aromatic heterocycles. The van der Waals surface area contributed by atoms with Gasteiger partial charge in [-0.1, -0.05) is 6.07 Å². The second kappa shape index (κ2) is 6.95. The Bertz CT molecular complexity index is 1430. The number of H-pyrrole nitrogens is 1. The van der Waals surface area contributed by atoms with Crippen LogP contribution in [-0.2, 0) is 12.0 Å². The van der Waals surface area contributed by atoms with Crippen molar-refractivity contribution < 1.29 is 0 Å². The summed E-state index contributed by atoms with van der Waals surface area (Å²) < 4.78 is 2.21. The van der Waals surface area contributed by atoms with Crippen molar-refractivity contribution in [3.05, 3.63) is 55.1 Å².